The van der Waals surface area contributed by atoms with Crippen molar-refractivity contribution in [1.29, 1.82) is 0 Å². The summed E-state index contributed by atoms with van der Waals surface area (Å²) in [6.45, 7) is 4.70. The number of nitrogens with zero attached hydrogens (tertiary/aromatic N) is 1. The van der Waals surface area contributed by atoms with Gasteiger partial charge < -0.3 is 20.4 Å². The third-order valence-electron chi connectivity index (χ3n) is 5.24. The third kappa shape index (κ3) is 4.25. The van der Waals surface area contributed by atoms with E-state index in [-0.39, 0.29) is 0 Å². The van der Waals surface area contributed by atoms with Crippen LogP contribution in [-0.4, -0.2) is 48.3 Å². The number of benzene rings is 1. The predicted octanol–water partition coefficient (Wildman–Crippen LogP) is 1.79. The average Bonchev–Trinajstić information content (AvgIpc) is 3.27. The number of carboxylic acid groups (broad SMARTS) is 2. The van der Waals surface area contributed by atoms with Gasteiger partial charge in [-0.3, -0.25) is 0 Å². The van der Waals surface area contributed by atoms with Gasteiger partial charge in [-0.05, 0) is 60.8 Å². The van der Waals surface area contributed by atoms with Gasteiger partial charge in [0.2, 0.25) is 0 Å². The van der Waals surface area contributed by atoms with Crippen molar-refractivity contribution in [3.8, 4) is 0 Å². The Labute approximate surface area is 153 Å². The molecule has 4 rings (SSSR count). The van der Waals surface area contributed by atoms with Crippen molar-refractivity contribution in [2.75, 3.05) is 31.1 Å². The summed E-state index contributed by atoms with van der Waals surface area (Å²) >= 11 is 0. The molecule has 3 aliphatic rings. The van der Waals surface area contributed by atoms with Crippen LogP contribution in [0, 0.1) is 0 Å². The Morgan fingerprint density at radius 3 is 1.85 bits per heavy atom. The highest BCUT2D eigenvalue weighted by Gasteiger charge is 2.27. The Morgan fingerprint density at radius 1 is 0.885 bits per heavy atom. The second kappa shape index (κ2) is 8.36. The van der Waals surface area contributed by atoms with E-state index in [1.165, 1.54) is 51.6 Å². The SMILES string of the molecule is O=C(O)C=CC(=O)O.c1c2c(c(N3CCNCC3)c3c1CCC3)CCC2. The van der Waals surface area contributed by atoms with Crippen molar-refractivity contribution in [2.24, 2.45) is 0 Å². The summed E-state index contributed by atoms with van der Waals surface area (Å²) in [6.07, 6.45) is 9.15. The van der Waals surface area contributed by atoms with Crippen LogP contribution in [0.1, 0.15) is 35.1 Å². The van der Waals surface area contributed by atoms with Gasteiger partial charge in [0.15, 0.2) is 0 Å². The first-order valence-corrected chi connectivity index (χ1v) is 9.32. The Hall–Kier alpha value is -2.34. The van der Waals surface area contributed by atoms with Crippen LogP contribution in [0.15, 0.2) is 18.2 Å². The highest BCUT2D eigenvalue weighted by atomic mass is 16.4. The van der Waals surface area contributed by atoms with E-state index in [4.69, 9.17) is 10.2 Å². The molecule has 1 aromatic carbocycles. The van der Waals surface area contributed by atoms with Crippen molar-refractivity contribution in [3.63, 3.8) is 0 Å². The van der Waals surface area contributed by atoms with Crippen LogP contribution >= 0.6 is 0 Å². The molecular formula is C20H26N2O4. The largest absolute Gasteiger partial charge is 0.478 e. The number of hydrogen-bond acceptors (Lipinski definition) is 4. The maximum absolute atomic E-state index is 9.55. The molecule has 1 fully saturated rings. The molecule has 1 heterocycles. The molecule has 0 aromatic heterocycles. The van der Waals surface area contributed by atoms with E-state index in [0.29, 0.717) is 12.2 Å². The fourth-order valence-corrected chi connectivity index (χ4v) is 4.20. The summed E-state index contributed by atoms with van der Waals surface area (Å²) in [5.41, 5.74) is 8.42. The first-order valence-electron chi connectivity index (χ1n) is 9.32. The fraction of sp³-hybridized carbons (Fsp3) is 0.500. The molecular weight excluding hydrogens is 332 g/mol. The minimum Gasteiger partial charge on any atom is -0.478 e. The molecule has 0 atom stereocenters. The molecule has 0 saturated carbocycles. The number of anilines is 1. The van der Waals surface area contributed by atoms with Crippen LogP contribution in [-0.2, 0) is 35.3 Å². The molecule has 0 unspecified atom stereocenters. The Morgan fingerprint density at radius 2 is 1.38 bits per heavy atom. The summed E-state index contributed by atoms with van der Waals surface area (Å²) in [4.78, 5) is 21.8. The molecule has 0 bridgehead atoms. The lowest BCUT2D eigenvalue weighted by Crippen LogP contribution is -2.44. The van der Waals surface area contributed by atoms with Gasteiger partial charge in [-0.1, -0.05) is 6.07 Å². The summed E-state index contributed by atoms with van der Waals surface area (Å²) in [6, 6.07) is 2.54. The van der Waals surface area contributed by atoms with Gasteiger partial charge in [0.25, 0.3) is 0 Å². The van der Waals surface area contributed by atoms with E-state index in [9.17, 15) is 9.59 Å². The van der Waals surface area contributed by atoms with Crippen molar-refractivity contribution in [3.05, 3.63) is 40.5 Å². The summed E-state index contributed by atoms with van der Waals surface area (Å²) < 4.78 is 0. The second-order valence-corrected chi connectivity index (χ2v) is 6.95. The van der Waals surface area contributed by atoms with Crippen LogP contribution in [0.4, 0.5) is 5.69 Å². The Kier molecular flexibility index (Phi) is 5.93. The molecule has 1 saturated heterocycles. The van der Waals surface area contributed by atoms with Crippen molar-refractivity contribution in [1.82, 2.24) is 5.32 Å². The zero-order chi connectivity index (χ0) is 18.5. The molecule has 1 aliphatic heterocycles. The average molecular weight is 358 g/mol. The van der Waals surface area contributed by atoms with Gasteiger partial charge in [0.05, 0.1) is 0 Å². The van der Waals surface area contributed by atoms with Gasteiger partial charge in [-0.25, -0.2) is 9.59 Å². The lowest BCUT2D eigenvalue weighted by Gasteiger charge is -2.33. The number of aliphatic carboxylic acids is 2. The molecule has 1 aromatic rings. The van der Waals surface area contributed by atoms with Crippen molar-refractivity contribution >= 4 is 17.6 Å². The van der Waals surface area contributed by atoms with E-state index in [1.54, 1.807) is 27.9 Å². The van der Waals surface area contributed by atoms with Gasteiger partial charge in [0, 0.05) is 44.0 Å². The Bertz CT molecular complexity index is 673. The molecule has 0 radical (unpaired) electrons. The zero-order valence-corrected chi connectivity index (χ0v) is 15.0. The number of aryl methyl sites for hydroxylation is 2. The van der Waals surface area contributed by atoms with Crippen molar-refractivity contribution < 1.29 is 19.8 Å². The van der Waals surface area contributed by atoms with E-state index >= 15 is 0 Å². The highest BCUT2D eigenvalue weighted by molar-refractivity contribution is 5.89. The number of carboxylic acids is 2. The zero-order valence-electron chi connectivity index (χ0n) is 15.0. The molecule has 140 valence electrons. The second-order valence-electron chi connectivity index (χ2n) is 6.95. The predicted molar refractivity (Wildman–Crippen MR) is 100.0 cm³/mol. The van der Waals surface area contributed by atoms with Gasteiger partial charge in [-0.15, -0.1) is 0 Å². The van der Waals surface area contributed by atoms with Crippen LogP contribution in [0.25, 0.3) is 0 Å². The number of fused-ring (bicyclic) bond motifs is 2. The standard InChI is InChI=1S/C16H22N2.C4H4O4/c1-3-12-11-13-4-2-6-15(13)16(14(12)5-1)18-9-7-17-8-10-18;5-3(6)1-2-4(7)8/h11,17H,1-10H2;1-2H,(H,5,6)(H,7,8). The van der Waals surface area contributed by atoms with Crippen LogP contribution in [0.3, 0.4) is 0 Å². The number of carbonyl (C=O) groups is 2. The smallest absolute Gasteiger partial charge is 0.328 e. The summed E-state index contributed by atoms with van der Waals surface area (Å²) in [5.74, 6) is -2.51. The topological polar surface area (TPSA) is 89.9 Å². The van der Waals surface area contributed by atoms with E-state index < -0.39 is 11.9 Å². The molecule has 26 heavy (non-hydrogen) atoms. The van der Waals surface area contributed by atoms with E-state index in [1.807, 2.05) is 0 Å². The number of rotatable bonds is 3. The first kappa shape index (κ1) is 18.5. The van der Waals surface area contributed by atoms with Gasteiger partial charge in [0.1, 0.15) is 0 Å². The van der Waals surface area contributed by atoms with Crippen LogP contribution in [0.2, 0.25) is 0 Å². The number of piperazine rings is 1. The monoisotopic (exact) mass is 358 g/mol. The molecule has 2 aliphatic carbocycles. The molecule has 0 spiro atoms. The molecule has 0 amide bonds. The minimum absolute atomic E-state index is 0.558. The van der Waals surface area contributed by atoms with Gasteiger partial charge in [-0.2, -0.15) is 0 Å². The van der Waals surface area contributed by atoms with E-state index in [2.05, 4.69) is 16.3 Å². The fourth-order valence-electron chi connectivity index (χ4n) is 4.20. The van der Waals surface area contributed by atoms with Crippen molar-refractivity contribution in [2.45, 2.75) is 38.5 Å². The summed E-state index contributed by atoms with van der Waals surface area (Å²) in [7, 11) is 0. The third-order valence-corrected chi connectivity index (χ3v) is 5.24. The minimum atomic E-state index is -1.26. The number of hydrogen-bond donors (Lipinski definition) is 3. The quantitative estimate of drug-likeness (QED) is 0.714. The molecule has 3 N–H and O–H groups in total. The van der Waals surface area contributed by atoms with E-state index in [0.717, 1.165) is 13.1 Å². The maximum atomic E-state index is 9.55. The molecule has 6 heteroatoms. The summed E-state index contributed by atoms with van der Waals surface area (Å²) in [5, 5.41) is 19.1. The number of nitrogens with one attached hydrogen (secondary N) is 1. The maximum Gasteiger partial charge on any atom is 0.328 e. The lowest BCUT2D eigenvalue weighted by molar-refractivity contribution is -0.134. The molecule has 6 nitrogen and oxygen atoms in total. The first-order chi connectivity index (χ1) is 12.6. The van der Waals surface area contributed by atoms with Crippen LogP contribution < -0.4 is 10.2 Å². The highest BCUT2D eigenvalue weighted by Crippen LogP contribution is 2.40. The normalized spacial score (nSPS) is 18.2. The van der Waals surface area contributed by atoms with Crippen LogP contribution in [0.5, 0.6) is 0 Å². The lowest BCUT2D eigenvalue weighted by atomic mass is 9.97. The van der Waals surface area contributed by atoms with Gasteiger partial charge >= 0.3 is 11.9 Å². The Balaban J connectivity index is 0.000000211.